The number of carboxylic acid groups (broad SMARTS) is 1. The minimum absolute atomic E-state index is 0.215. The van der Waals surface area contributed by atoms with Gasteiger partial charge in [-0.05, 0) is 57.3 Å². The Kier molecular flexibility index (Phi) is 4.88. The highest BCUT2D eigenvalue weighted by Crippen LogP contribution is 2.49. The molecule has 0 heterocycles. The average Bonchev–Trinajstić information content (AvgIpc) is 2.84. The summed E-state index contributed by atoms with van der Waals surface area (Å²) in [6, 6.07) is 0.885. The lowest BCUT2D eigenvalue weighted by molar-refractivity contribution is -0.140. The highest BCUT2D eigenvalue weighted by molar-refractivity contribution is 5.69. The summed E-state index contributed by atoms with van der Waals surface area (Å²) in [7, 11) is 0. The molecule has 2 aliphatic rings. The van der Waals surface area contributed by atoms with E-state index in [1.54, 1.807) is 0 Å². The Morgan fingerprint density at radius 3 is 2.32 bits per heavy atom. The fourth-order valence-electron chi connectivity index (χ4n) is 4.21. The number of hydrogen-bond acceptors (Lipinski definition) is 2. The van der Waals surface area contributed by atoms with Crippen LogP contribution in [-0.2, 0) is 4.79 Å². The molecule has 1 atom stereocenters. The maximum absolute atomic E-state index is 11.1. The SMILES string of the molecule is CCC(C)N(CC(=O)O)C1CCC2(CCCC2)CC1. The van der Waals surface area contributed by atoms with E-state index in [2.05, 4.69) is 18.7 Å². The Labute approximate surface area is 117 Å². The molecule has 0 aromatic heterocycles. The first-order valence-electron chi connectivity index (χ1n) is 8.04. The lowest BCUT2D eigenvalue weighted by atomic mass is 9.71. The zero-order valence-electron chi connectivity index (χ0n) is 12.5. The molecule has 3 heteroatoms. The monoisotopic (exact) mass is 267 g/mol. The van der Waals surface area contributed by atoms with Crippen molar-refractivity contribution in [1.82, 2.24) is 4.90 Å². The molecule has 1 spiro atoms. The topological polar surface area (TPSA) is 40.5 Å². The van der Waals surface area contributed by atoms with Crippen LogP contribution in [0, 0.1) is 5.41 Å². The molecule has 1 N–H and O–H groups in total. The molecule has 1 unspecified atom stereocenters. The maximum Gasteiger partial charge on any atom is 0.317 e. The second-order valence-corrected chi connectivity index (χ2v) is 6.76. The van der Waals surface area contributed by atoms with E-state index in [-0.39, 0.29) is 6.54 Å². The lowest BCUT2D eigenvalue weighted by Gasteiger charge is -2.43. The van der Waals surface area contributed by atoms with Gasteiger partial charge in [-0.1, -0.05) is 19.8 Å². The molecule has 2 rings (SSSR count). The summed E-state index contributed by atoms with van der Waals surface area (Å²) in [6.07, 6.45) is 11.8. The van der Waals surface area contributed by atoms with Crippen molar-refractivity contribution < 1.29 is 9.90 Å². The van der Waals surface area contributed by atoms with Gasteiger partial charge in [-0.3, -0.25) is 9.69 Å². The van der Waals surface area contributed by atoms with Crippen molar-refractivity contribution in [2.45, 2.75) is 83.7 Å². The summed E-state index contributed by atoms with van der Waals surface area (Å²) in [5.74, 6) is -0.679. The van der Waals surface area contributed by atoms with Gasteiger partial charge in [0.1, 0.15) is 0 Å². The highest BCUT2D eigenvalue weighted by Gasteiger charge is 2.39. The normalized spacial score (nSPS) is 25.0. The Morgan fingerprint density at radius 1 is 1.26 bits per heavy atom. The van der Waals surface area contributed by atoms with Gasteiger partial charge < -0.3 is 5.11 Å². The molecular weight excluding hydrogens is 238 g/mol. The molecule has 0 aromatic carbocycles. The highest BCUT2D eigenvalue weighted by atomic mass is 16.4. The second-order valence-electron chi connectivity index (χ2n) is 6.76. The molecule has 0 bridgehead atoms. The van der Waals surface area contributed by atoms with Crippen LogP contribution in [0.1, 0.15) is 71.6 Å². The number of carboxylic acids is 1. The Morgan fingerprint density at radius 2 is 1.84 bits per heavy atom. The van der Waals surface area contributed by atoms with Crippen molar-refractivity contribution in [3.05, 3.63) is 0 Å². The summed E-state index contributed by atoms with van der Waals surface area (Å²) in [4.78, 5) is 13.3. The van der Waals surface area contributed by atoms with Gasteiger partial charge in [-0.2, -0.15) is 0 Å². The molecule has 0 saturated heterocycles. The predicted octanol–water partition coefficient (Wildman–Crippen LogP) is 3.67. The molecule has 2 saturated carbocycles. The molecule has 3 nitrogen and oxygen atoms in total. The number of hydrogen-bond donors (Lipinski definition) is 1. The van der Waals surface area contributed by atoms with Gasteiger partial charge in [0.2, 0.25) is 0 Å². The van der Waals surface area contributed by atoms with E-state index >= 15 is 0 Å². The third-order valence-electron chi connectivity index (χ3n) is 5.62. The Bertz CT molecular complexity index is 300. The standard InChI is InChI=1S/C16H29NO2/c1-3-13(2)17(12-15(18)19)14-6-10-16(11-7-14)8-4-5-9-16/h13-14H,3-12H2,1-2H3,(H,18,19). The summed E-state index contributed by atoms with van der Waals surface area (Å²) in [5, 5.41) is 9.12. The summed E-state index contributed by atoms with van der Waals surface area (Å²) in [6.45, 7) is 4.54. The first-order chi connectivity index (χ1) is 9.06. The second kappa shape index (κ2) is 6.25. The Hall–Kier alpha value is -0.570. The molecular formula is C16H29NO2. The van der Waals surface area contributed by atoms with Crippen LogP contribution in [0.2, 0.25) is 0 Å². The van der Waals surface area contributed by atoms with Gasteiger partial charge in [-0.25, -0.2) is 0 Å². The van der Waals surface area contributed by atoms with Crippen molar-refractivity contribution in [2.24, 2.45) is 5.41 Å². The smallest absolute Gasteiger partial charge is 0.317 e. The molecule has 2 aliphatic carbocycles. The van der Waals surface area contributed by atoms with Crippen LogP contribution in [0.4, 0.5) is 0 Å². The molecule has 2 fully saturated rings. The van der Waals surface area contributed by atoms with Crippen LogP contribution in [0.3, 0.4) is 0 Å². The van der Waals surface area contributed by atoms with E-state index in [0.717, 1.165) is 6.42 Å². The van der Waals surface area contributed by atoms with Gasteiger partial charge in [0, 0.05) is 12.1 Å². The lowest BCUT2D eigenvalue weighted by Crippen LogP contribution is -2.47. The molecule has 19 heavy (non-hydrogen) atoms. The van der Waals surface area contributed by atoms with Gasteiger partial charge in [0.05, 0.1) is 6.54 Å². The van der Waals surface area contributed by atoms with Gasteiger partial charge in [-0.15, -0.1) is 0 Å². The summed E-state index contributed by atoms with van der Waals surface area (Å²) < 4.78 is 0. The number of rotatable bonds is 5. The first kappa shape index (κ1) is 14.8. The molecule has 0 amide bonds. The van der Waals surface area contributed by atoms with Crippen molar-refractivity contribution in [1.29, 1.82) is 0 Å². The van der Waals surface area contributed by atoms with E-state index < -0.39 is 5.97 Å². The molecule has 0 radical (unpaired) electrons. The van der Waals surface area contributed by atoms with Crippen LogP contribution >= 0.6 is 0 Å². The zero-order valence-corrected chi connectivity index (χ0v) is 12.5. The number of aliphatic carboxylic acids is 1. The van der Waals surface area contributed by atoms with Crippen molar-refractivity contribution in [2.75, 3.05) is 6.54 Å². The van der Waals surface area contributed by atoms with E-state index in [9.17, 15) is 4.79 Å². The quantitative estimate of drug-likeness (QED) is 0.826. The van der Waals surface area contributed by atoms with Crippen molar-refractivity contribution in [3.63, 3.8) is 0 Å². The summed E-state index contributed by atoms with van der Waals surface area (Å²) >= 11 is 0. The van der Waals surface area contributed by atoms with Gasteiger partial charge in [0.15, 0.2) is 0 Å². The molecule has 0 aliphatic heterocycles. The zero-order chi connectivity index (χ0) is 13.9. The van der Waals surface area contributed by atoms with E-state index in [4.69, 9.17) is 5.11 Å². The van der Waals surface area contributed by atoms with Crippen molar-refractivity contribution >= 4 is 5.97 Å². The number of nitrogens with zero attached hydrogens (tertiary/aromatic N) is 1. The summed E-state index contributed by atoms with van der Waals surface area (Å²) in [5.41, 5.74) is 0.640. The third-order valence-corrected chi connectivity index (χ3v) is 5.62. The van der Waals surface area contributed by atoms with Gasteiger partial charge in [0.25, 0.3) is 0 Å². The maximum atomic E-state index is 11.1. The molecule has 0 aromatic rings. The van der Waals surface area contributed by atoms with E-state index in [0.29, 0.717) is 17.5 Å². The van der Waals surface area contributed by atoms with Crippen LogP contribution in [0.25, 0.3) is 0 Å². The average molecular weight is 267 g/mol. The van der Waals surface area contributed by atoms with Crippen molar-refractivity contribution in [3.8, 4) is 0 Å². The minimum atomic E-state index is -0.679. The molecule has 110 valence electrons. The van der Waals surface area contributed by atoms with Gasteiger partial charge >= 0.3 is 5.97 Å². The van der Waals surface area contributed by atoms with E-state index in [1.165, 1.54) is 51.4 Å². The largest absolute Gasteiger partial charge is 0.480 e. The number of carbonyl (C=O) groups is 1. The van der Waals surface area contributed by atoms with Crippen LogP contribution in [0.5, 0.6) is 0 Å². The first-order valence-corrected chi connectivity index (χ1v) is 8.04. The fourth-order valence-corrected chi connectivity index (χ4v) is 4.21. The van der Waals surface area contributed by atoms with E-state index in [1.807, 2.05) is 0 Å². The predicted molar refractivity (Wildman–Crippen MR) is 77.3 cm³/mol. The van der Waals surface area contributed by atoms with Crippen LogP contribution < -0.4 is 0 Å². The van der Waals surface area contributed by atoms with Crippen LogP contribution in [-0.4, -0.2) is 34.6 Å². The van der Waals surface area contributed by atoms with Crippen LogP contribution in [0.15, 0.2) is 0 Å². The third kappa shape index (κ3) is 3.50. The fraction of sp³-hybridized carbons (Fsp3) is 0.938. The minimum Gasteiger partial charge on any atom is -0.480 e. The Balaban J connectivity index is 1.94.